The molecule has 0 N–H and O–H groups in total. The van der Waals surface area contributed by atoms with Gasteiger partial charge < -0.3 is 9.47 Å². The minimum Gasteiger partial charge on any atom is -0.494 e. The van der Waals surface area contributed by atoms with Gasteiger partial charge in [0.25, 0.3) is 0 Å². The van der Waals surface area contributed by atoms with Gasteiger partial charge in [-0.25, -0.2) is 4.39 Å². The number of halogens is 4. The Bertz CT molecular complexity index is 624. The maximum Gasteiger partial charge on any atom is 0.165 e. The molecule has 0 saturated heterocycles. The molecule has 0 heterocycles. The van der Waals surface area contributed by atoms with E-state index >= 15 is 0 Å². The Morgan fingerprint density at radius 1 is 1.05 bits per heavy atom. The van der Waals surface area contributed by atoms with Gasteiger partial charge in [-0.1, -0.05) is 22.0 Å². The van der Waals surface area contributed by atoms with Crippen molar-refractivity contribution >= 4 is 47.8 Å². The van der Waals surface area contributed by atoms with Crippen molar-refractivity contribution in [3.63, 3.8) is 0 Å². The first-order valence-electron chi connectivity index (χ1n) is 6.04. The van der Waals surface area contributed by atoms with Crippen molar-refractivity contribution < 1.29 is 13.9 Å². The molecule has 2 nitrogen and oxygen atoms in total. The first-order valence-corrected chi connectivity index (χ1v) is 8.75. The summed E-state index contributed by atoms with van der Waals surface area (Å²) < 4.78 is 26.0. The molecule has 112 valence electrons. The Balaban J connectivity index is 2.15. The van der Waals surface area contributed by atoms with Crippen molar-refractivity contribution in [2.45, 2.75) is 11.9 Å². The molecular formula is C15H12Br3FO2. The Kier molecular flexibility index (Phi) is 6.08. The van der Waals surface area contributed by atoms with Gasteiger partial charge in [-0.3, -0.25) is 0 Å². The van der Waals surface area contributed by atoms with Gasteiger partial charge in [0.1, 0.15) is 12.4 Å². The highest BCUT2D eigenvalue weighted by atomic mass is 79.9. The SMILES string of the molecule is COc1ccc(COc2c(Br)cc(CBr)cc2Br)cc1F. The zero-order chi connectivity index (χ0) is 15.4. The maximum absolute atomic E-state index is 13.6. The lowest BCUT2D eigenvalue weighted by atomic mass is 10.2. The average molecular weight is 483 g/mol. The first kappa shape index (κ1) is 16.8. The second-order valence-corrected chi connectivity index (χ2v) is 6.55. The standard InChI is InChI=1S/C15H12Br3FO2/c1-20-14-3-2-9(6-13(14)19)8-21-15-11(17)4-10(7-16)5-12(15)18/h2-6H,7-8H2,1H3. The number of methoxy groups -OCH3 is 1. The fourth-order valence-electron chi connectivity index (χ4n) is 1.78. The van der Waals surface area contributed by atoms with Gasteiger partial charge in [0.2, 0.25) is 0 Å². The van der Waals surface area contributed by atoms with Crippen molar-refractivity contribution in [3.05, 3.63) is 56.2 Å². The van der Waals surface area contributed by atoms with E-state index < -0.39 is 5.82 Å². The fourth-order valence-corrected chi connectivity index (χ4v) is 3.62. The Morgan fingerprint density at radius 2 is 1.71 bits per heavy atom. The highest BCUT2D eigenvalue weighted by Crippen LogP contribution is 2.36. The monoisotopic (exact) mass is 480 g/mol. The molecule has 0 atom stereocenters. The van der Waals surface area contributed by atoms with Gasteiger partial charge >= 0.3 is 0 Å². The molecule has 0 aliphatic carbocycles. The normalized spacial score (nSPS) is 10.5. The maximum atomic E-state index is 13.6. The zero-order valence-corrected chi connectivity index (χ0v) is 15.9. The molecule has 21 heavy (non-hydrogen) atoms. The number of hydrogen-bond acceptors (Lipinski definition) is 2. The van der Waals surface area contributed by atoms with Crippen LogP contribution in [0.1, 0.15) is 11.1 Å². The van der Waals surface area contributed by atoms with Crippen molar-refractivity contribution in [2.75, 3.05) is 7.11 Å². The number of ether oxygens (including phenoxy) is 2. The molecule has 0 unspecified atom stereocenters. The van der Waals surface area contributed by atoms with Gasteiger partial charge in [-0.15, -0.1) is 0 Å². The lowest BCUT2D eigenvalue weighted by Gasteiger charge is -2.12. The highest BCUT2D eigenvalue weighted by Gasteiger charge is 2.10. The lowest BCUT2D eigenvalue weighted by Crippen LogP contribution is -1.99. The topological polar surface area (TPSA) is 18.5 Å². The van der Waals surface area contributed by atoms with Crippen molar-refractivity contribution in [2.24, 2.45) is 0 Å². The number of hydrogen-bond donors (Lipinski definition) is 0. The molecule has 0 fully saturated rings. The average Bonchev–Trinajstić information content (AvgIpc) is 2.46. The van der Waals surface area contributed by atoms with Crippen LogP contribution in [0.15, 0.2) is 39.3 Å². The molecule has 0 aromatic heterocycles. The van der Waals surface area contributed by atoms with Gasteiger partial charge in [-0.05, 0) is 67.3 Å². The number of rotatable bonds is 5. The van der Waals surface area contributed by atoms with Crippen LogP contribution in [-0.2, 0) is 11.9 Å². The van der Waals surface area contributed by atoms with Gasteiger partial charge in [0.05, 0.1) is 16.1 Å². The molecule has 2 rings (SSSR count). The third-order valence-corrected chi connectivity index (χ3v) is 4.64. The zero-order valence-electron chi connectivity index (χ0n) is 11.1. The minimum atomic E-state index is -0.397. The molecule has 0 aliphatic heterocycles. The summed E-state index contributed by atoms with van der Waals surface area (Å²) >= 11 is 10.4. The predicted octanol–water partition coefficient (Wildman–Crippen LogP) is 5.83. The molecular weight excluding hydrogens is 471 g/mol. The Morgan fingerprint density at radius 3 is 2.24 bits per heavy atom. The molecule has 0 radical (unpaired) electrons. The summed E-state index contributed by atoms with van der Waals surface area (Å²) in [6, 6.07) is 8.73. The molecule has 0 aliphatic rings. The van der Waals surface area contributed by atoms with Crippen LogP contribution >= 0.6 is 47.8 Å². The molecule has 0 saturated carbocycles. The first-order chi connectivity index (χ1) is 10.0. The van der Waals surface area contributed by atoms with Gasteiger partial charge in [-0.2, -0.15) is 0 Å². The van der Waals surface area contributed by atoms with Crippen LogP contribution in [0.2, 0.25) is 0 Å². The largest absolute Gasteiger partial charge is 0.494 e. The summed E-state index contributed by atoms with van der Waals surface area (Å²) in [5.74, 6) is 0.519. The van der Waals surface area contributed by atoms with Crippen LogP contribution in [-0.4, -0.2) is 7.11 Å². The van der Waals surface area contributed by atoms with Crippen molar-refractivity contribution in [1.82, 2.24) is 0 Å². The van der Waals surface area contributed by atoms with E-state index in [0.717, 1.165) is 25.4 Å². The van der Waals surface area contributed by atoms with E-state index in [9.17, 15) is 4.39 Å². The van der Waals surface area contributed by atoms with E-state index in [1.54, 1.807) is 12.1 Å². The fraction of sp³-hybridized carbons (Fsp3) is 0.200. The quantitative estimate of drug-likeness (QED) is 0.499. The third kappa shape index (κ3) is 4.20. The van der Waals surface area contributed by atoms with Gasteiger partial charge in [0, 0.05) is 5.33 Å². The molecule has 2 aromatic rings. The Hall–Kier alpha value is -0.590. The third-order valence-electron chi connectivity index (χ3n) is 2.81. The van der Waals surface area contributed by atoms with E-state index in [-0.39, 0.29) is 12.4 Å². The van der Waals surface area contributed by atoms with Crippen LogP contribution in [0.25, 0.3) is 0 Å². The van der Waals surface area contributed by atoms with Crippen LogP contribution < -0.4 is 9.47 Å². The summed E-state index contributed by atoms with van der Waals surface area (Å²) in [6.07, 6.45) is 0. The number of alkyl halides is 1. The van der Waals surface area contributed by atoms with E-state index in [2.05, 4.69) is 47.8 Å². The van der Waals surface area contributed by atoms with E-state index in [1.807, 2.05) is 12.1 Å². The smallest absolute Gasteiger partial charge is 0.165 e. The van der Waals surface area contributed by atoms with Crippen molar-refractivity contribution in [1.29, 1.82) is 0 Å². The molecule has 0 bridgehead atoms. The second-order valence-electron chi connectivity index (χ2n) is 4.28. The van der Waals surface area contributed by atoms with Crippen LogP contribution in [0.4, 0.5) is 4.39 Å². The second kappa shape index (κ2) is 7.61. The number of benzene rings is 2. The van der Waals surface area contributed by atoms with Crippen LogP contribution in [0.5, 0.6) is 11.5 Å². The summed E-state index contributed by atoms with van der Waals surface area (Å²) in [6.45, 7) is 0.270. The van der Waals surface area contributed by atoms with E-state index in [0.29, 0.717) is 5.75 Å². The molecule has 0 amide bonds. The molecule has 0 spiro atoms. The molecule has 6 heteroatoms. The highest BCUT2D eigenvalue weighted by molar-refractivity contribution is 9.11. The van der Waals surface area contributed by atoms with E-state index in [4.69, 9.17) is 9.47 Å². The van der Waals surface area contributed by atoms with Crippen LogP contribution in [0.3, 0.4) is 0 Å². The van der Waals surface area contributed by atoms with Crippen LogP contribution in [0, 0.1) is 5.82 Å². The summed E-state index contributed by atoms with van der Waals surface area (Å²) in [7, 11) is 1.44. The Labute approximate surface area is 148 Å². The lowest BCUT2D eigenvalue weighted by molar-refractivity contribution is 0.301. The summed E-state index contributed by atoms with van der Waals surface area (Å²) in [5, 5.41) is 0.758. The summed E-state index contributed by atoms with van der Waals surface area (Å²) in [4.78, 5) is 0. The van der Waals surface area contributed by atoms with E-state index in [1.165, 1.54) is 13.2 Å². The minimum absolute atomic E-state index is 0.225. The van der Waals surface area contributed by atoms with Crippen molar-refractivity contribution in [3.8, 4) is 11.5 Å². The molecule has 2 aromatic carbocycles. The summed E-state index contributed by atoms with van der Waals surface area (Å²) in [5.41, 5.74) is 1.85. The van der Waals surface area contributed by atoms with Gasteiger partial charge in [0.15, 0.2) is 11.6 Å². The predicted molar refractivity (Wildman–Crippen MR) is 91.8 cm³/mol.